The van der Waals surface area contributed by atoms with Gasteiger partial charge in [-0.05, 0) is 32.2 Å². The van der Waals surface area contributed by atoms with Crippen LogP contribution in [0.2, 0.25) is 0 Å². The molecule has 1 aliphatic rings. The molecule has 0 amide bonds. The molecule has 0 heterocycles. The molecule has 1 fully saturated rings. The molecule has 0 aromatic heterocycles. The number of rotatable bonds is 12. The van der Waals surface area contributed by atoms with Gasteiger partial charge < -0.3 is 16.2 Å². The van der Waals surface area contributed by atoms with E-state index in [1.165, 1.54) is 51.4 Å². The van der Waals surface area contributed by atoms with Gasteiger partial charge in [0.25, 0.3) is 0 Å². The molecule has 0 aromatic carbocycles. The Kier molecular flexibility index (Phi) is 13.8. The maximum Gasteiger partial charge on any atom is 0.324 e. The van der Waals surface area contributed by atoms with E-state index in [0.717, 1.165) is 26.1 Å². The predicted octanol–water partition coefficient (Wildman–Crippen LogP) is 3.44. The summed E-state index contributed by atoms with van der Waals surface area (Å²) in [5, 5.41) is 20.2. The highest BCUT2D eigenvalue weighted by atomic mass is 16.4. The van der Waals surface area contributed by atoms with Crippen molar-refractivity contribution in [3.63, 3.8) is 0 Å². The SMILES string of the molecule is CCCCCCCCCCNCCN.N#CC1(C(=O)O)CCC1. The number of carboxylic acids is 1. The van der Waals surface area contributed by atoms with Crippen molar-refractivity contribution in [2.75, 3.05) is 19.6 Å². The van der Waals surface area contributed by atoms with Crippen molar-refractivity contribution in [2.45, 2.75) is 77.6 Å². The van der Waals surface area contributed by atoms with Gasteiger partial charge in [-0.1, -0.05) is 51.9 Å². The Hall–Kier alpha value is -1.12. The van der Waals surface area contributed by atoms with Crippen LogP contribution in [0.25, 0.3) is 0 Å². The Morgan fingerprint density at radius 3 is 2.04 bits per heavy atom. The van der Waals surface area contributed by atoms with Crippen LogP contribution in [0.4, 0.5) is 0 Å². The first kappa shape index (κ1) is 21.9. The van der Waals surface area contributed by atoms with E-state index in [1.807, 2.05) is 6.07 Å². The molecular formula is C18H35N3O2. The standard InChI is InChI=1S/C12H28N2.C6H7NO2/c1-2-3-4-5-6-7-8-9-11-14-12-10-13;7-4-6(5(8)9)2-1-3-6/h14H,2-13H2,1H3;1-3H2,(H,8,9). The second kappa shape index (κ2) is 14.5. The molecule has 0 bridgehead atoms. The summed E-state index contributed by atoms with van der Waals surface area (Å²) in [5.74, 6) is -0.962. The minimum atomic E-state index is -1.01. The number of hydrogen-bond donors (Lipinski definition) is 3. The molecule has 23 heavy (non-hydrogen) atoms. The van der Waals surface area contributed by atoms with E-state index in [4.69, 9.17) is 16.1 Å². The lowest BCUT2D eigenvalue weighted by molar-refractivity contribution is -0.149. The van der Waals surface area contributed by atoms with E-state index in [9.17, 15) is 4.79 Å². The van der Waals surface area contributed by atoms with Gasteiger partial charge in [-0.3, -0.25) is 4.79 Å². The fourth-order valence-corrected chi connectivity index (χ4v) is 2.51. The molecule has 5 nitrogen and oxygen atoms in total. The molecule has 4 N–H and O–H groups in total. The van der Waals surface area contributed by atoms with Gasteiger partial charge in [0.15, 0.2) is 5.41 Å². The molecular weight excluding hydrogens is 290 g/mol. The number of nitrogens with one attached hydrogen (secondary N) is 1. The second-order valence-corrected chi connectivity index (χ2v) is 6.37. The number of nitrogens with two attached hydrogens (primary N) is 1. The van der Waals surface area contributed by atoms with Crippen molar-refractivity contribution in [1.82, 2.24) is 5.32 Å². The van der Waals surface area contributed by atoms with Gasteiger partial charge in [-0.2, -0.15) is 5.26 Å². The number of nitriles is 1. The van der Waals surface area contributed by atoms with E-state index in [1.54, 1.807) is 0 Å². The van der Waals surface area contributed by atoms with Crippen LogP contribution in [0.3, 0.4) is 0 Å². The Bertz CT molecular complexity index is 324. The Labute approximate surface area is 141 Å². The molecule has 0 saturated heterocycles. The lowest BCUT2D eigenvalue weighted by Gasteiger charge is -2.29. The summed E-state index contributed by atoms with van der Waals surface area (Å²) in [6.07, 6.45) is 13.1. The molecule has 0 spiro atoms. The first-order valence-electron chi connectivity index (χ1n) is 9.18. The Morgan fingerprint density at radius 1 is 1.13 bits per heavy atom. The molecule has 0 aliphatic heterocycles. The average molecular weight is 325 g/mol. The number of unbranched alkanes of at least 4 members (excludes halogenated alkanes) is 7. The highest BCUT2D eigenvalue weighted by molar-refractivity contribution is 5.79. The smallest absolute Gasteiger partial charge is 0.324 e. The minimum absolute atomic E-state index is 0.527. The van der Waals surface area contributed by atoms with Crippen molar-refractivity contribution < 1.29 is 9.90 Å². The summed E-state index contributed by atoms with van der Waals surface area (Å²) in [7, 11) is 0. The summed E-state index contributed by atoms with van der Waals surface area (Å²) >= 11 is 0. The Balaban J connectivity index is 0.000000459. The van der Waals surface area contributed by atoms with E-state index in [-0.39, 0.29) is 0 Å². The number of carboxylic acid groups (broad SMARTS) is 1. The normalized spacial score (nSPS) is 15.0. The monoisotopic (exact) mass is 325 g/mol. The molecule has 1 rings (SSSR count). The fraction of sp³-hybridized carbons (Fsp3) is 0.889. The molecule has 0 radical (unpaired) electrons. The number of hydrogen-bond acceptors (Lipinski definition) is 4. The average Bonchev–Trinajstić information content (AvgIpc) is 2.49. The molecule has 0 unspecified atom stereocenters. The topological polar surface area (TPSA) is 99.1 Å². The largest absolute Gasteiger partial charge is 0.480 e. The van der Waals surface area contributed by atoms with Crippen molar-refractivity contribution in [2.24, 2.45) is 11.1 Å². The van der Waals surface area contributed by atoms with Gasteiger partial charge in [0.2, 0.25) is 0 Å². The molecule has 1 saturated carbocycles. The summed E-state index contributed by atoms with van der Waals surface area (Å²) in [6, 6.07) is 1.81. The van der Waals surface area contributed by atoms with E-state index in [2.05, 4.69) is 12.2 Å². The molecule has 134 valence electrons. The lowest BCUT2D eigenvalue weighted by atomic mass is 9.70. The number of nitrogens with zero attached hydrogens (tertiary/aromatic N) is 1. The quantitative estimate of drug-likeness (QED) is 0.477. The van der Waals surface area contributed by atoms with Crippen LogP contribution < -0.4 is 11.1 Å². The summed E-state index contributed by atoms with van der Waals surface area (Å²) in [4.78, 5) is 10.3. The third-order valence-electron chi connectivity index (χ3n) is 4.36. The molecule has 5 heteroatoms. The predicted molar refractivity (Wildman–Crippen MR) is 94.1 cm³/mol. The third kappa shape index (κ3) is 10.3. The van der Waals surface area contributed by atoms with Gasteiger partial charge >= 0.3 is 5.97 Å². The van der Waals surface area contributed by atoms with Crippen LogP contribution in [0, 0.1) is 16.7 Å². The summed E-state index contributed by atoms with van der Waals surface area (Å²) < 4.78 is 0. The molecule has 0 aromatic rings. The van der Waals surface area contributed by atoms with Crippen molar-refractivity contribution >= 4 is 5.97 Å². The highest BCUT2D eigenvalue weighted by Crippen LogP contribution is 2.40. The minimum Gasteiger partial charge on any atom is -0.480 e. The van der Waals surface area contributed by atoms with Crippen molar-refractivity contribution in [1.29, 1.82) is 5.26 Å². The van der Waals surface area contributed by atoms with Crippen LogP contribution in [-0.2, 0) is 4.79 Å². The third-order valence-corrected chi connectivity index (χ3v) is 4.36. The van der Waals surface area contributed by atoms with Gasteiger partial charge in [0.1, 0.15) is 0 Å². The van der Waals surface area contributed by atoms with E-state index < -0.39 is 11.4 Å². The maximum absolute atomic E-state index is 10.3. The van der Waals surface area contributed by atoms with Gasteiger partial charge in [-0.15, -0.1) is 0 Å². The summed E-state index contributed by atoms with van der Waals surface area (Å²) in [5.41, 5.74) is 4.36. The highest BCUT2D eigenvalue weighted by Gasteiger charge is 2.44. The first-order valence-corrected chi connectivity index (χ1v) is 9.18. The fourth-order valence-electron chi connectivity index (χ4n) is 2.51. The van der Waals surface area contributed by atoms with Gasteiger partial charge in [0, 0.05) is 13.1 Å². The van der Waals surface area contributed by atoms with Crippen molar-refractivity contribution in [3.05, 3.63) is 0 Å². The zero-order valence-electron chi connectivity index (χ0n) is 14.8. The van der Waals surface area contributed by atoms with Crippen molar-refractivity contribution in [3.8, 4) is 6.07 Å². The van der Waals surface area contributed by atoms with Gasteiger partial charge in [-0.25, -0.2) is 0 Å². The zero-order valence-corrected chi connectivity index (χ0v) is 14.8. The number of aliphatic carboxylic acids is 1. The second-order valence-electron chi connectivity index (χ2n) is 6.37. The van der Waals surface area contributed by atoms with Crippen LogP contribution in [0.5, 0.6) is 0 Å². The van der Waals surface area contributed by atoms with E-state index >= 15 is 0 Å². The molecule has 1 aliphatic carbocycles. The van der Waals surface area contributed by atoms with Crippen LogP contribution in [0.1, 0.15) is 77.6 Å². The maximum atomic E-state index is 10.3. The first-order chi connectivity index (χ1) is 11.1. The van der Waals surface area contributed by atoms with Crippen LogP contribution in [-0.4, -0.2) is 30.7 Å². The number of carbonyl (C=O) groups is 1. The zero-order chi connectivity index (χ0) is 17.4. The van der Waals surface area contributed by atoms with Gasteiger partial charge in [0.05, 0.1) is 6.07 Å². The molecule has 0 atom stereocenters. The van der Waals surface area contributed by atoms with Crippen LogP contribution >= 0.6 is 0 Å². The lowest BCUT2D eigenvalue weighted by Crippen LogP contribution is -2.36. The van der Waals surface area contributed by atoms with E-state index in [0.29, 0.717) is 12.8 Å². The van der Waals surface area contributed by atoms with Crippen LogP contribution in [0.15, 0.2) is 0 Å². The summed E-state index contributed by atoms with van der Waals surface area (Å²) in [6.45, 7) is 5.14. The Morgan fingerprint density at radius 2 is 1.70 bits per heavy atom.